The zero-order chi connectivity index (χ0) is 12.3. The molecule has 1 heterocycles. The summed E-state index contributed by atoms with van der Waals surface area (Å²) in [4.78, 5) is 14.1. The van der Waals surface area contributed by atoms with Crippen LogP contribution in [0.5, 0.6) is 0 Å². The van der Waals surface area contributed by atoms with Crippen molar-refractivity contribution in [3.63, 3.8) is 0 Å². The molecule has 3 heteroatoms. The molecule has 0 saturated carbocycles. The number of nitrogens with zero attached hydrogens (tertiary/aromatic N) is 1. The first-order valence-electron chi connectivity index (χ1n) is 6.19. The number of piperidine rings is 1. The highest BCUT2D eigenvalue weighted by Gasteiger charge is 2.26. The molecule has 2 rings (SSSR count). The van der Waals surface area contributed by atoms with Gasteiger partial charge in [0.25, 0.3) is 5.91 Å². The first-order chi connectivity index (χ1) is 8.20. The number of allylic oxidation sites excluding steroid dienone is 5. The number of carbonyl (C=O) groups is 1. The molecular formula is C14H18FNO. The highest BCUT2D eigenvalue weighted by Crippen LogP contribution is 2.22. The molecule has 1 atom stereocenters. The topological polar surface area (TPSA) is 20.3 Å². The molecule has 2 aliphatic rings. The monoisotopic (exact) mass is 235 g/mol. The molecule has 17 heavy (non-hydrogen) atoms. The van der Waals surface area contributed by atoms with Crippen molar-refractivity contribution in [1.82, 2.24) is 4.90 Å². The second kappa shape index (κ2) is 5.30. The number of hydrogen-bond acceptors (Lipinski definition) is 1. The second-order valence-corrected chi connectivity index (χ2v) is 4.60. The number of hydrogen-bond donors (Lipinski definition) is 0. The zero-order valence-corrected chi connectivity index (χ0v) is 10.2. The van der Waals surface area contributed by atoms with Crippen LogP contribution in [0.1, 0.15) is 26.2 Å². The molecule has 1 amide bonds. The summed E-state index contributed by atoms with van der Waals surface area (Å²) in [7, 11) is 0. The Morgan fingerprint density at radius 3 is 2.71 bits per heavy atom. The predicted octanol–water partition coefficient (Wildman–Crippen LogP) is 2.78. The molecule has 0 aromatic heterocycles. The molecule has 1 saturated heterocycles. The van der Waals surface area contributed by atoms with Crippen LogP contribution >= 0.6 is 0 Å². The van der Waals surface area contributed by atoms with Crippen LogP contribution in [0.2, 0.25) is 0 Å². The van der Waals surface area contributed by atoms with Gasteiger partial charge in [-0.25, -0.2) is 4.39 Å². The largest absolute Gasteiger partial charge is 0.339 e. The summed E-state index contributed by atoms with van der Waals surface area (Å²) < 4.78 is 13.9. The molecule has 0 aromatic rings. The van der Waals surface area contributed by atoms with Crippen molar-refractivity contribution in [1.29, 1.82) is 0 Å². The van der Waals surface area contributed by atoms with Gasteiger partial charge in [-0.1, -0.05) is 18.2 Å². The van der Waals surface area contributed by atoms with Crippen LogP contribution in [0, 0.1) is 0 Å². The van der Waals surface area contributed by atoms with Gasteiger partial charge in [0, 0.05) is 13.1 Å². The van der Waals surface area contributed by atoms with E-state index in [1.54, 1.807) is 30.1 Å². The van der Waals surface area contributed by atoms with Crippen molar-refractivity contribution in [2.24, 2.45) is 0 Å². The molecule has 1 fully saturated rings. The third-order valence-electron chi connectivity index (χ3n) is 3.31. The quantitative estimate of drug-likeness (QED) is 0.684. The molecule has 1 unspecified atom stereocenters. The minimum Gasteiger partial charge on any atom is -0.339 e. The Bertz CT molecular complexity index is 389. The minimum absolute atomic E-state index is 0.133. The Hall–Kier alpha value is -1.38. The normalized spacial score (nSPS) is 25.1. The van der Waals surface area contributed by atoms with Crippen LogP contribution in [0.4, 0.5) is 4.39 Å². The maximum absolute atomic E-state index is 13.9. The van der Waals surface area contributed by atoms with E-state index in [9.17, 15) is 9.18 Å². The van der Waals surface area contributed by atoms with Gasteiger partial charge in [-0.2, -0.15) is 0 Å². The number of halogens is 1. The van der Waals surface area contributed by atoms with Crippen LogP contribution in [-0.2, 0) is 4.79 Å². The summed E-state index contributed by atoms with van der Waals surface area (Å²) in [5, 5.41) is 0. The van der Waals surface area contributed by atoms with Crippen molar-refractivity contribution < 1.29 is 9.18 Å². The van der Waals surface area contributed by atoms with E-state index in [1.165, 1.54) is 12.5 Å². The van der Waals surface area contributed by atoms with E-state index in [1.807, 2.05) is 0 Å². The Morgan fingerprint density at radius 2 is 2.00 bits per heavy atom. The fraction of sp³-hybridized carbons (Fsp3) is 0.500. The van der Waals surface area contributed by atoms with E-state index in [0.29, 0.717) is 5.57 Å². The van der Waals surface area contributed by atoms with Crippen molar-refractivity contribution in [3.05, 3.63) is 35.5 Å². The first-order valence-corrected chi connectivity index (χ1v) is 6.19. The van der Waals surface area contributed by atoms with Gasteiger partial charge in [0.05, 0.1) is 5.57 Å². The SMILES string of the molecule is CC1=C(C(=O)N2CCCCC2)C(F)C=CC=C1. The number of amides is 1. The third-order valence-corrected chi connectivity index (χ3v) is 3.31. The lowest BCUT2D eigenvalue weighted by molar-refractivity contribution is -0.128. The maximum Gasteiger partial charge on any atom is 0.253 e. The molecule has 92 valence electrons. The lowest BCUT2D eigenvalue weighted by Gasteiger charge is -2.28. The average Bonchev–Trinajstić information content (AvgIpc) is 2.51. The Kier molecular flexibility index (Phi) is 3.77. The van der Waals surface area contributed by atoms with Crippen LogP contribution in [0.15, 0.2) is 35.5 Å². The maximum atomic E-state index is 13.9. The molecule has 0 aromatic carbocycles. The lowest BCUT2D eigenvalue weighted by atomic mass is 10.0. The van der Waals surface area contributed by atoms with Crippen molar-refractivity contribution in [2.45, 2.75) is 32.4 Å². The highest BCUT2D eigenvalue weighted by atomic mass is 19.1. The van der Waals surface area contributed by atoms with E-state index in [4.69, 9.17) is 0 Å². The fourth-order valence-electron chi connectivity index (χ4n) is 2.32. The summed E-state index contributed by atoms with van der Waals surface area (Å²) in [6.07, 6.45) is 8.61. The van der Waals surface area contributed by atoms with Crippen LogP contribution in [-0.4, -0.2) is 30.1 Å². The summed E-state index contributed by atoms with van der Waals surface area (Å²) in [5.74, 6) is -0.133. The van der Waals surface area contributed by atoms with E-state index in [0.717, 1.165) is 31.5 Å². The standard InChI is InChI=1S/C14H18FNO/c1-11-7-3-4-8-12(15)13(11)14(17)16-9-5-2-6-10-16/h3-4,7-8,12H,2,5-6,9-10H2,1H3. The molecule has 0 N–H and O–H groups in total. The molecule has 0 bridgehead atoms. The fourth-order valence-corrected chi connectivity index (χ4v) is 2.32. The molecular weight excluding hydrogens is 217 g/mol. The number of carbonyl (C=O) groups excluding carboxylic acids is 1. The van der Waals surface area contributed by atoms with Gasteiger partial charge in [0.15, 0.2) is 0 Å². The van der Waals surface area contributed by atoms with Gasteiger partial charge < -0.3 is 4.90 Å². The smallest absolute Gasteiger partial charge is 0.253 e. The molecule has 1 aliphatic heterocycles. The lowest BCUT2D eigenvalue weighted by Crippen LogP contribution is -2.38. The number of rotatable bonds is 1. The number of likely N-dealkylation sites (tertiary alicyclic amines) is 1. The van der Waals surface area contributed by atoms with Crippen molar-refractivity contribution in [2.75, 3.05) is 13.1 Å². The Balaban J connectivity index is 2.21. The molecule has 0 spiro atoms. The zero-order valence-electron chi connectivity index (χ0n) is 10.2. The summed E-state index contributed by atoms with van der Waals surface area (Å²) >= 11 is 0. The van der Waals surface area contributed by atoms with E-state index in [2.05, 4.69) is 0 Å². The summed E-state index contributed by atoms with van der Waals surface area (Å²) in [6.45, 7) is 3.32. The molecule has 0 radical (unpaired) electrons. The molecule has 1 aliphatic carbocycles. The van der Waals surface area contributed by atoms with Gasteiger partial charge in [-0.3, -0.25) is 4.79 Å². The van der Waals surface area contributed by atoms with Crippen molar-refractivity contribution >= 4 is 5.91 Å². The van der Waals surface area contributed by atoms with E-state index < -0.39 is 6.17 Å². The van der Waals surface area contributed by atoms with Gasteiger partial charge in [0.1, 0.15) is 6.17 Å². The predicted molar refractivity (Wildman–Crippen MR) is 66.3 cm³/mol. The van der Waals surface area contributed by atoms with Crippen LogP contribution < -0.4 is 0 Å². The van der Waals surface area contributed by atoms with Crippen LogP contribution in [0.25, 0.3) is 0 Å². The highest BCUT2D eigenvalue weighted by molar-refractivity contribution is 5.96. The first kappa shape index (κ1) is 12.1. The minimum atomic E-state index is -1.28. The second-order valence-electron chi connectivity index (χ2n) is 4.60. The van der Waals surface area contributed by atoms with E-state index >= 15 is 0 Å². The number of alkyl halides is 1. The summed E-state index contributed by atoms with van der Waals surface area (Å²) in [6, 6.07) is 0. The third kappa shape index (κ3) is 2.65. The Morgan fingerprint density at radius 1 is 1.29 bits per heavy atom. The van der Waals surface area contributed by atoms with Gasteiger partial charge >= 0.3 is 0 Å². The van der Waals surface area contributed by atoms with Gasteiger partial charge in [-0.05, 0) is 37.8 Å². The average molecular weight is 235 g/mol. The van der Waals surface area contributed by atoms with E-state index in [-0.39, 0.29) is 5.91 Å². The van der Waals surface area contributed by atoms with Gasteiger partial charge in [-0.15, -0.1) is 0 Å². The van der Waals surface area contributed by atoms with Crippen molar-refractivity contribution in [3.8, 4) is 0 Å². The van der Waals surface area contributed by atoms with Crippen LogP contribution in [0.3, 0.4) is 0 Å². The summed E-state index contributed by atoms with van der Waals surface area (Å²) in [5.41, 5.74) is 1.04. The van der Waals surface area contributed by atoms with Gasteiger partial charge in [0.2, 0.25) is 0 Å². The Labute approximate surface area is 101 Å². The molecule has 2 nitrogen and oxygen atoms in total.